The van der Waals surface area contributed by atoms with Gasteiger partial charge in [-0.15, -0.1) is 0 Å². The van der Waals surface area contributed by atoms with E-state index >= 15 is 0 Å². The zero-order valence-corrected chi connectivity index (χ0v) is 16.5. The number of carbonyl (C=O) groups excluding carboxylic acids is 1. The van der Waals surface area contributed by atoms with Crippen LogP contribution in [0.15, 0.2) is 60.4 Å². The lowest BCUT2D eigenvalue weighted by Crippen LogP contribution is -2.36. The van der Waals surface area contributed by atoms with Gasteiger partial charge < -0.3 is 15.0 Å². The van der Waals surface area contributed by atoms with E-state index in [1.54, 1.807) is 0 Å². The van der Waals surface area contributed by atoms with Crippen LogP contribution in [0, 0.1) is 5.92 Å². The minimum absolute atomic E-state index is 0.0516. The molecule has 1 aliphatic heterocycles. The highest BCUT2D eigenvalue weighted by Gasteiger charge is 2.21. The minimum atomic E-state index is -0.0516. The SMILES string of the molecule is CCOCc1ccc(C(=O)NC2=CC=CN(CC3CCC3)C2)c2ccccc12. The first-order chi connectivity index (χ1) is 13.7. The molecule has 2 aromatic rings. The molecule has 1 saturated carbocycles. The molecule has 0 spiro atoms. The van der Waals surface area contributed by atoms with E-state index in [-0.39, 0.29) is 5.91 Å². The molecule has 0 atom stereocenters. The zero-order chi connectivity index (χ0) is 19.3. The van der Waals surface area contributed by atoms with E-state index in [0.29, 0.717) is 18.8 Å². The Morgan fingerprint density at radius 2 is 2.00 bits per heavy atom. The van der Waals surface area contributed by atoms with E-state index in [1.807, 2.05) is 49.4 Å². The molecule has 1 aliphatic carbocycles. The van der Waals surface area contributed by atoms with Gasteiger partial charge in [0.25, 0.3) is 5.91 Å². The van der Waals surface area contributed by atoms with Crippen LogP contribution < -0.4 is 5.32 Å². The summed E-state index contributed by atoms with van der Waals surface area (Å²) in [5.74, 6) is 0.755. The van der Waals surface area contributed by atoms with Gasteiger partial charge >= 0.3 is 0 Å². The molecule has 4 heteroatoms. The van der Waals surface area contributed by atoms with Crippen LogP contribution in [-0.2, 0) is 11.3 Å². The van der Waals surface area contributed by atoms with Crippen LogP contribution in [-0.4, -0.2) is 30.5 Å². The second kappa shape index (κ2) is 8.61. The summed E-state index contributed by atoms with van der Waals surface area (Å²) in [6, 6.07) is 12.0. The first kappa shape index (κ1) is 18.8. The topological polar surface area (TPSA) is 41.6 Å². The molecule has 1 fully saturated rings. The van der Waals surface area contributed by atoms with E-state index in [9.17, 15) is 4.79 Å². The van der Waals surface area contributed by atoms with E-state index in [4.69, 9.17) is 4.74 Å². The summed E-state index contributed by atoms with van der Waals surface area (Å²) < 4.78 is 5.58. The Hall–Kier alpha value is -2.59. The maximum absolute atomic E-state index is 13.0. The highest BCUT2D eigenvalue weighted by molar-refractivity contribution is 6.08. The van der Waals surface area contributed by atoms with Gasteiger partial charge in [0.1, 0.15) is 0 Å². The molecule has 1 amide bonds. The number of allylic oxidation sites excluding steroid dienone is 2. The van der Waals surface area contributed by atoms with Crippen LogP contribution in [0.25, 0.3) is 10.8 Å². The standard InChI is InChI=1S/C24H28N2O2/c1-2-28-17-19-12-13-23(22-11-4-3-10-21(19)22)24(27)25-20-9-6-14-26(16-20)15-18-7-5-8-18/h3-4,6,9-14,18H,2,5,7-8,15-17H2,1H3,(H,25,27). The average Bonchev–Trinajstić information content (AvgIpc) is 2.69. The molecule has 146 valence electrons. The molecule has 0 aromatic heterocycles. The highest BCUT2D eigenvalue weighted by atomic mass is 16.5. The molecule has 0 radical (unpaired) electrons. The largest absolute Gasteiger partial charge is 0.377 e. The number of amides is 1. The summed E-state index contributed by atoms with van der Waals surface area (Å²) in [4.78, 5) is 15.3. The number of hydrogen-bond acceptors (Lipinski definition) is 3. The fraction of sp³-hybridized carbons (Fsp3) is 0.375. The lowest BCUT2D eigenvalue weighted by atomic mass is 9.85. The number of carbonyl (C=O) groups is 1. The maximum atomic E-state index is 13.0. The summed E-state index contributed by atoms with van der Waals surface area (Å²) in [5.41, 5.74) is 2.77. The predicted molar refractivity (Wildman–Crippen MR) is 113 cm³/mol. The Balaban J connectivity index is 1.49. The van der Waals surface area contributed by atoms with Crippen molar-refractivity contribution < 1.29 is 9.53 Å². The summed E-state index contributed by atoms with van der Waals surface area (Å²) in [6.45, 7) is 5.07. The summed E-state index contributed by atoms with van der Waals surface area (Å²) in [7, 11) is 0. The second-order valence-corrected chi connectivity index (χ2v) is 7.67. The van der Waals surface area contributed by atoms with Crippen LogP contribution in [0.1, 0.15) is 42.1 Å². The monoisotopic (exact) mass is 376 g/mol. The molecule has 0 saturated heterocycles. The van der Waals surface area contributed by atoms with Crippen molar-refractivity contribution in [3.05, 3.63) is 71.6 Å². The molecule has 4 nitrogen and oxygen atoms in total. The van der Waals surface area contributed by atoms with E-state index in [0.717, 1.165) is 41.0 Å². The maximum Gasteiger partial charge on any atom is 0.256 e. The molecule has 4 rings (SSSR count). The van der Waals surface area contributed by atoms with Crippen LogP contribution in [0.5, 0.6) is 0 Å². The Bertz CT molecular complexity index is 912. The number of nitrogens with one attached hydrogen (secondary N) is 1. The van der Waals surface area contributed by atoms with Gasteiger partial charge in [-0.1, -0.05) is 36.8 Å². The number of ether oxygens (including phenoxy) is 1. The fourth-order valence-corrected chi connectivity index (χ4v) is 3.93. The predicted octanol–water partition coefficient (Wildman–Crippen LogP) is 4.62. The van der Waals surface area contributed by atoms with Gasteiger partial charge in [-0.25, -0.2) is 0 Å². The molecule has 2 aliphatic rings. The van der Waals surface area contributed by atoms with E-state index in [2.05, 4.69) is 22.5 Å². The van der Waals surface area contributed by atoms with Crippen molar-refractivity contribution in [2.45, 2.75) is 32.8 Å². The van der Waals surface area contributed by atoms with Gasteiger partial charge in [0.05, 0.1) is 13.2 Å². The fourth-order valence-electron chi connectivity index (χ4n) is 3.93. The molecule has 28 heavy (non-hydrogen) atoms. The molecular formula is C24H28N2O2. The first-order valence-corrected chi connectivity index (χ1v) is 10.3. The minimum Gasteiger partial charge on any atom is -0.377 e. The van der Waals surface area contributed by atoms with Crippen molar-refractivity contribution in [3.8, 4) is 0 Å². The third-order valence-electron chi connectivity index (χ3n) is 5.68. The van der Waals surface area contributed by atoms with Gasteiger partial charge in [-0.05, 0) is 66.4 Å². The molecular weight excluding hydrogens is 348 g/mol. The lowest BCUT2D eigenvalue weighted by Gasteiger charge is -2.33. The molecule has 2 aromatic carbocycles. The first-order valence-electron chi connectivity index (χ1n) is 10.3. The van der Waals surface area contributed by atoms with Crippen LogP contribution >= 0.6 is 0 Å². The Labute approximate surface area is 166 Å². The van der Waals surface area contributed by atoms with Crippen molar-refractivity contribution in [1.29, 1.82) is 0 Å². The number of fused-ring (bicyclic) bond motifs is 1. The van der Waals surface area contributed by atoms with Gasteiger partial charge in [0.2, 0.25) is 0 Å². The van der Waals surface area contributed by atoms with Gasteiger partial charge in [-0.2, -0.15) is 0 Å². The van der Waals surface area contributed by atoms with Crippen molar-refractivity contribution in [2.75, 3.05) is 19.7 Å². The Morgan fingerprint density at radius 3 is 2.75 bits per heavy atom. The Morgan fingerprint density at radius 1 is 1.18 bits per heavy atom. The van der Waals surface area contributed by atoms with Crippen molar-refractivity contribution in [3.63, 3.8) is 0 Å². The highest BCUT2D eigenvalue weighted by Crippen LogP contribution is 2.28. The number of hydrogen-bond donors (Lipinski definition) is 1. The second-order valence-electron chi connectivity index (χ2n) is 7.67. The van der Waals surface area contributed by atoms with E-state index in [1.165, 1.54) is 19.3 Å². The van der Waals surface area contributed by atoms with Gasteiger partial charge in [-0.3, -0.25) is 4.79 Å². The van der Waals surface area contributed by atoms with Crippen molar-refractivity contribution in [1.82, 2.24) is 10.2 Å². The third-order valence-corrected chi connectivity index (χ3v) is 5.68. The number of rotatable bonds is 7. The molecule has 1 heterocycles. The quantitative estimate of drug-likeness (QED) is 0.767. The van der Waals surface area contributed by atoms with Gasteiger partial charge in [0.15, 0.2) is 0 Å². The van der Waals surface area contributed by atoms with Gasteiger partial charge in [0, 0.05) is 24.4 Å². The van der Waals surface area contributed by atoms with Crippen LogP contribution in [0.2, 0.25) is 0 Å². The lowest BCUT2D eigenvalue weighted by molar-refractivity contribution is 0.0963. The Kier molecular flexibility index (Phi) is 5.77. The van der Waals surface area contributed by atoms with Crippen LogP contribution in [0.3, 0.4) is 0 Å². The summed E-state index contributed by atoms with van der Waals surface area (Å²) in [6.07, 6.45) is 10.2. The summed E-state index contributed by atoms with van der Waals surface area (Å²) >= 11 is 0. The zero-order valence-electron chi connectivity index (χ0n) is 16.5. The molecule has 0 unspecified atom stereocenters. The molecule has 1 N–H and O–H groups in total. The normalized spacial score (nSPS) is 16.8. The van der Waals surface area contributed by atoms with Crippen molar-refractivity contribution in [2.24, 2.45) is 5.92 Å². The molecule has 0 bridgehead atoms. The van der Waals surface area contributed by atoms with Crippen LogP contribution in [0.4, 0.5) is 0 Å². The van der Waals surface area contributed by atoms with E-state index < -0.39 is 0 Å². The number of nitrogens with zero attached hydrogens (tertiary/aromatic N) is 1. The number of benzene rings is 2. The smallest absolute Gasteiger partial charge is 0.256 e. The average molecular weight is 377 g/mol. The van der Waals surface area contributed by atoms with Crippen molar-refractivity contribution >= 4 is 16.7 Å². The summed E-state index contributed by atoms with van der Waals surface area (Å²) in [5, 5.41) is 5.17. The third kappa shape index (κ3) is 4.12.